The number of para-hydroxylation sites is 1. The Morgan fingerprint density at radius 2 is 2.28 bits per heavy atom. The minimum Gasteiger partial charge on any atom is -0.507 e. The van der Waals surface area contributed by atoms with Gasteiger partial charge in [-0.25, -0.2) is 5.01 Å². The molecule has 0 atom stereocenters. The van der Waals surface area contributed by atoms with E-state index in [9.17, 15) is 9.90 Å². The molecular weight excluding hydrogens is 234 g/mol. The molecule has 1 amide bonds. The van der Waals surface area contributed by atoms with Crippen molar-refractivity contribution in [2.75, 3.05) is 13.2 Å². The first kappa shape index (κ1) is 11.9. The van der Waals surface area contributed by atoms with Crippen LogP contribution in [0.4, 0.5) is 0 Å². The van der Waals surface area contributed by atoms with Gasteiger partial charge in [0.15, 0.2) is 6.61 Å². The fourth-order valence-electron chi connectivity index (χ4n) is 1.52. The molecule has 18 heavy (non-hydrogen) atoms. The van der Waals surface area contributed by atoms with Crippen molar-refractivity contribution >= 4 is 11.8 Å². The molecule has 0 fully saturated rings. The molecular formula is C12H11N3O3. The van der Waals surface area contributed by atoms with Crippen LogP contribution in [-0.2, 0) is 9.53 Å². The average Bonchev–Trinajstić information content (AvgIpc) is 2.39. The van der Waals surface area contributed by atoms with Crippen molar-refractivity contribution in [1.82, 2.24) is 5.01 Å². The monoisotopic (exact) mass is 245 g/mol. The number of nitriles is 1. The third kappa shape index (κ3) is 2.40. The highest BCUT2D eigenvalue weighted by Crippen LogP contribution is 2.19. The van der Waals surface area contributed by atoms with Gasteiger partial charge in [-0.3, -0.25) is 4.79 Å². The van der Waals surface area contributed by atoms with Gasteiger partial charge < -0.3 is 9.84 Å². The molecule has 1 aliphatic heterocycles. The van der Waals surface area contributed by atoms with Crippen molar-refractivity contribution in [2.45, 2.75) is 6.42 Å². The Labute approximate surface area is 104 Å². The van der Waals surface area contributed by atoms with E-state index < -0.39 is 0 Å². The fraction of sp³-hybridized carbons (Fsp3) is 0.250. The number of phenols is 1. The Bertz CT molecular complexity index is 534. The Balaban J connectivity index is 2.26. The molecule has 6 heteroatoms. The molecule has 92 valence electrons. The molecule has 0 bridgehead atoms. The van der Waals surface area contributed by atoms with Crippen molar-refractivity contribution in [1.29, 1.82) is 5.26 Å². The minimum absolute atomic E-state index is 0.0332. The van der Waals surface area contributed by atoms with Crippen molar-refractivity contribution < 1.29 is 14.6 Å². The van der Waals surface area contributed by atoms with E-state index in [-0.39, 0.29) is 37.1 Å². The van der Waals surface area contributed by atoms with Crippen molar-refractivity contribution in [2.24, 2.45) is 5.10 Å². The maximum absolute atomic E-state index is 11.5. The van der Waals surface area contributed by atoms with E-state index in [1.54, 1.807) is 18.2 Å². The predicted octanol–water partition coefficient (Wildman–Crippen LogP) is 0.826. The summed E-state index contributed by atoms with van der Waals surface area (Å²) >= 11 is 0. The van der Waals surface area contributed by atoms with Gasteiger partial charge in [0.1, 0.15) is 5.75 Å². The summed E-state index contributed by atoms with van der Waals surface area (Å²) in [5.41, 5.74) is 0.423. The van der Waals surface area contributed by atoms with E-state index in [2.05, 4.69) is 5.10 Å². The fourth-order valence-corrected chi connectivity index (χ4v) is 1.52. The van der Waals surface area contributed by atoms with Crippen LogP contribution in [0.25, 0.3) is 0 Å². The molecule has 6 nitrogen and oxygen atoms in total. The van der Waals surface area contributed by atoms with E-state index in [4.69, 9.17) is 10.00 Å². The lowest BCUT2D eigenvalue weighted by atomic mass is 10.2. The Hall–Kier alpha value is -2.55. The molecule has 1 heterocycles. The van der Waals surface area contributed by atoms with Gasteiger partial charge in [0.05, 0.1) is 24.6 Å². The Morgan fingerprint density at radius 1 is 1.50 bits per heavy atom. The van der Waals surface area contributed by atoms with E-state index in [0.29, 0.717) is 5.56 Å². The summed E-state index contributed by atoms with van der Waals surface area (Å²) in [6, 6.07) is 8.52. The number of aromatic hydroxyl groups is 1. The molecule has 0 saturated heterocycles. The topological polar surface area (TPSA) is 85.9 Å². The first-order valence-electron chi connectivity index (χ1n) is 5.39. The molecule has 1 aromatic carbocycles. The van der Waals surface area contributed by atoms with E-state index in [0.717, 1.165) is 0 Å². The van der Waals surface area contributed by atoms with Crippen molar-refractivity contribution in [3.8, 4) is 11.8 Å². The normalized spacial score (nSPS) is 14.7. The van der Waals surface area contributed by atoms with Gasteiger partial charge in [-0.1, -0.05) is 12.1 Å². The number of carbonyl (C=O) groups excluding carboxylic acids is 1. The van der Waals surface area contributed by atoms with Crippen molar-refractivity contribution in [3.63, 3.8) is 0 Å². The van der Waals surface area contributed by atoms with Gasteiger partial charge in [0.2, 0.25) is 5.90 Å². The zero-order valence-corrected chi connectivity index (χ0v) is 9.54. The number of amides is 1. The summed E-state index contributed by atoms with van der Waals surface area (Å²) in [5, 5.41) is 23.4. The van der Waals surface area contributed by atoms with Gasteiger partial charge in [-0.05, 0) is 12.1 Å². The van der Waals surface area contributed by atoms with Crippen LogP contribution in [0.3, 0.4) is 0 Å². The van der Waals surface area contributed by atoms with Gasteiger partial charge in [0, 0.05) is 0 Å². The molecule has 1 aliphatic rings. The van der Waals surface area contributed by atoms with Gasteiger partial charge in [0.25, 0.3) is 5.91 Å². The summed E-state index contributed by atoms with van der Waals surface area (Å²) in [6.07, 6.45) is 0.198. The number of carbonyl (C=O) groups is 1. The number of benzene rings is 1. The lowest BCUT2D eigenvalue weighted by Gasteiger charge is -2.23. The Morgan fingerprint density at radius 3 is 3.00 bits per heavy atom. The third-order valence-electron chi connectivity index (χ3n) is 2.40. The lowest BCUT2D eigenvalue weighted by molar-refractivity contribution is -0.135. The average molecular weight is 245 g/mol. The molecule has 0 spiro atoms. The van der Waals surface area contributed by atoms with E-state index >= 15 is 0 Å². The highest BCUT2D eigenvalue weighted by molar-refractivity contribution is 5.99. The quantitative estimate of drug-likeness (QED) is 0.854. The van der Waals surface area contributed by atoms with Crippen LogP contribution in [0.2, 0.25) is 0 Å². The maximum Gasteiger partial charge on any atom is 0.280 e. The number of ether oxygens (including phenoxy) is 1. The number of hydrazone groups is 1. The van der Waals surface area contributed by atoms with Crippen LogP contribution < -0.4 is 0 Å². The number of hydrogen-bond acceptors (Lipinski definition) is 5. The standard InChI is InChI=1S/C12H11N3O3/c13-6-3-7-15-11(17)8-18-12(14-15)9-4-1-2-5-10(9)16/h1-2,4-5,16H,3,7-8H2. The number of hydrogen-bond donors (Lipinski definition) is 1. The summed E-state index contributed by atoms with van der Waals surface area (Å²) in [5.74, 6) is -0.0825. The second-order valence-electron chi connectivity index (χ2n) is 3.64. The highest BCUT2D eigenvalue weighted by Gasteiger charge is 2.23. The molecule has 0 unspecified atom stereocenters. The van der Waals surface area contributed by atoms with Gasteiger partial charge in [-0.15, -0.1) is 5.10 Å². The molecule has 0 saturated carbocycles. The van der Waals surface area contributed by atoms with Crippen LogP contribution in [-0.4, -0.2) is 35.1 Å². The van der Waals surface area contributed by atoms with Crippen molar-refractivity contribution in [3.05, 3.63) is 29.8 Å². The van der Waals surface area contributed by atoms with Crippen LogP contribution in [0.5, 0.6) is 5.75 Å². The summed E-state index contributed by atoms with van der Waals surface area (Å²) in [4.78, 5) is 11.5. The zero-order valence-electron chi connectivity index (χ0n) is 9.54. The van der Waals surface area contributed by atoms with Crippen LogP contribution in [0, 0.1) is 11.3 Å². The predicted molar refractivity (Wildman–Crippen MR) is 62.5 cm³/mol. The van der Waals surface area contributed by atoms with E-state index in [1.807, 2.05) is 6.07 Å². The first-order valence-corrected chi connectivity index (χ1v) is 5.39. The van der Waals surface area contributed by atoms with Gasteiger partial charge in [-0.2, -0.15) is 5.26 Å². The van der Waals surface area contributed by atoms with Crippen LogP contribution in [0.1, 0.15) is 12.0 Å². The maximum atomic E-state index is 11.5. The SMILES string of the molecule is N#CCCN1N=C(c2ccccc2O)OCC1=O. The van der Waals surface area contributed by atoms with Gasteiger partial charge >= 0.3 is 0 Å². The third-order valence-corrected chi connectivity index (χ3v) is 2.40. The number of phenolic OH excluding ortho intramolecular Hbond substituents is 1. The molecule has 0 aliphatic carbocycles. The molecule has 2 rings (SSSR count). The molecule has 1 N–H and O–H groups in total. The smallest absolute Gasteiger partial charge is 0.280 e. The molecule has 0 radical (unpaired) electrons. The minimum atomic E-state index is -0.301. The second-order valence-corrected chi connectivity index (χ2v) is 3.64. The molecule has 0 aromatic heterocycles. The summed E-state index contributed by atoms with van der Waals surface area (Å²) in [6.45, 7) is 0.0778. The highest BCUT2D eigenvalue weighted by atomic mass is 16.5. The first-order chi connectivity index (χ1) is 8.72. The molecule has 1 aromatic rings. The lowest BCUT2D eigenvalue weighted by Crippen LogP contribution is -2.37. The zero-order chi connectivity index (χ0) is 13.0. The summed E-state index contributed by atoms with van der Waals surface area (Å²) < 4.78 is 5.18. The number of rotatable bonds is 3. The second kappa shape index (κ2) is 5.19. The van der Waals surface area contributed by atoms with Crippen LogP contribution >= 0.6 is 0 Å². The largest absolute Gasteiger partial charge is 0.507 e. The van der Waals surface area contributed by atoms with E-state index in [1.165, 1.54) is 11.1 Å². The Kier molecular flexibility index (Phi) is 3.44. The summed E-state index contributed by atoms with van der Waals surface area (Å²) in [7, 11) is 0. The number of nitrogens with zero attached hydrogens (tertiary/aromatic N) is 3. The van der Waals surface area contributed by atoms with Crippen LogP contribution in [0.15, 0.2) is 29.4 Å².